The van der Waals surface area contributed by atoms with E-state index in [0.717, 1.165) is 5.56 Å². The maximum atomic E-state index is 12.9. The maximum Gasteiger partial charge on any atom is 0.256 e. The molecule has 0 atom stereocenters. The summed E-state index contributed by atoms with van der Waals surface area (Å²) in [5.74, 6) is -0.114. The Balaban J connectivity index is 2.15. The predicted molar refractivity (Wildman–Crippen MR) is 102 cm³/mol. The molecule has 0 aliphatic carbocycles. The van der Waals surface area contributed by atoms with Crippen LogP contribution < -0.4 is 0 Å². The number of halogens is 2. The minimum atomic E-state index is -1.23. The van der Waals surface area contributed by atoms with E-state index in [9.17, 15) is 9.59 Å². The van der Waals surface area contributed by atoms with Gasteiger partial charge in [0, 0.05) is 13.1 Å². The van der Waals surface area contributed by atoms with Crippen LogP contribution in [0.25, 0.3) is 0 Å². The van der Waals surface area contributed by atoms with Crippen LogP contribution in [0.1, 0.15) is 11.3 Å². The van der Waals surface area contributed by atoms with Crippen molar-refractivity contribution in [2.75, 3.05) is 13.1 Å². The Labute approximate surface area is 162 Å². The van der Waals surface area contributed by atoms with Gasteiger partial charge in [0.2, 0.25) is 5.91 Å². The van der Waals surface area contributed by atoms with Crippen molar-refractivity contribution >= 4 is 35.0 Å². The van der Waals surface area contributed by atoms with Crippen molar-refractivity contribution < 1.29 is 14.0 Å². The molecular formula is C19H20Cl2N2O3. The summed E-state index contributed by atoms with van der Waals surface area (Å²) in [5.41, 5.74) is 0.974. The van der Waals surface area contributed by atoms with Crippen LogP contribution in [-0.2, 0) is 22.7 Å². The minimum Gasteiger partial charge on any atom is -0.467 e. The molecule has 0 bridgehead atoms. The summed E-state index contributed by atoms with van der Waals surface area (Å²) >= 11 is 11.3. The number of nitrogens with zero attached hydrogens (tertiary/aromatic N) is 2. The van der Waals surface area contributed by atoms with Gasteiger partial charge in [-0.05, 0) is 17.7 Å². The van der Waals surface area contributed by atoms with Gasteiger partial charge in [-0.15, -0.1) is 6.58 Å². The van der Waals surface area contributed by atoms with Crippen molar-refractivity contribution in [1.29, 1.82) is 0 Å². The van der Waals surface area contributed by atoms with Crippen LogP contribution in [0, 0.1) is 0 Å². The van der Waals surface area contributed by atoms with Crippen LogP contribution in [0.15, 0.2) is 65.8 Å². The van der Waals surface area contributed by atoms with E-state index in [0.29, 0.717) is 18.8 Å². The molecule has 0 spiro atoms. The highest BCUT2D eigenvalue weighted by molar-refractivity contribution is 6.53. The largest absolute Gasteiger partial charge is 0.467 e. The van der Waals surface area contributed by atoms with Crippen LogP contribution in [0.5, 0.6) is 0 Å². The predicted octanol–water partition coefficient (Wildman–Crippen LogP) is 3.63. The lowest BCUT2D eigenvalue weighted by atomic mass is 10.2. The van der Waals surface area contributed by atoms with Crippen molar-refractivity contribution in [3.63, 3.8) is 0 Å². The molecule has 0 radical (unpaired) electrons. The first-order valence-corrected chi connectivity index (χ1v) is 8.90. The number of alkyl halides is 2. The molecule has 0 N–H and O–H groups in total. The van der Waals surface area contributed by atoms with Gasteiger partial charge >= 0.3 is 0 Å². The lowest BCUT2D eigenvalue weighted by Gasteiger charge is -2.27. The summed E-state index contributed by atoms with van der Waals surface area (Å²) in [6.07, 6.45) is 3.08. The van der Waals surface area contributed by atoms with Gasteiger partial charge in [-0.1, -0.05) is 59.6 Å². The molecule has 2 aromatic rings. The summed E-state index contributed by atoms with van der Waals surface area (Å²) in [6.45, 7) is 4.32. The molecule has 7 heteroatoms. The fraction of sp³-hybridized carbons (Fsp3) is 0.263. The molecule has 1 aromatic carbocycles. The molecule has 0 aliphatic rings. The molecule has 0 saturated heterocycles. The van der Waals surface area contributed by atoms with Crippen molar-refractivity contribution in [3.8, 4) is 0 Å². The third-order valence-electron chi connectivity index (χ3n) is 3.67. The third-order valence-corrected chi connectivity index (χ3v) is 4.04. The first-order valence-electron chi connectivity index (χ1n) is 8.03. The van der Waals surface area contributed by atoms with E-state index in [2.05, 4.69) is 6.58 Å². The van der Waals surface area contributed by atoms with E-state index in [1.165, 1.54) is 11.0 Å². The molecule has 0 unspecified atom stereocenters. The smallest absolute Gasteiger partial charge is 0.256 e. The van der Waals surface area contributed by atoms with Crippen molar-refractivity contribution in [1.82, 2.24) is 9.80 Å². The highest BCUT2D eigenvalue weighted by Gasteiger charge is 2.24. The monoisotopic (exact) mass is 394 g/mol. The highest BCUT2D eigenvalue weighted by atomic mass is 35.5. The van der Waals surface area contributed by atoms with Gasteiger partial charge in [-0.3, -0.25) is 9.59 Å². The Morgan fingerprint density at radius 1 is 1.08 bits per heavy atom. The molecule has 2 amide bonds. The van der Waals surface area contributed by atoms with Crippen LogP contribution in [-0.4, -0.2) is 39.5 Å². The summed E-state index contributed by atoms with van der Waals surface area (Å²) < 4.78 is 5.36. The number of hydrogen-bond donors (Lipinski definition) is 0. The van der Waals surface area contributed by atoms with Crippen LogP contribution in [0.3, 0.4) is 0 Å². The molecule has 1 aromatic heterocycles. The molecule has 5 nitrogen and oxygen atoms in total. The van der Waals surface area contributed by atoms with Gasteiger partial charge in [0.1, 0.15) is 12.3 Å². The molecule has 1 heterocycles. The van der Waals surface area contributed by atoms with E-state index in [4.69, 9.17) is 27.6 Å². The summed E-state index contributed by atoms with van der Waals surface area (Å²) in [7, 11) is 0. The van der Waals surface area contributed by atoms with Crippen LogP contribution >= 0.6 is 23.2 Å². The number of benzene rings is 1. The zero-order chi connectivity index (χ0) is 18.9. The molecule has 0 fully saturated rings. The van der Waals surface area contributed by atoms with Crippen molar-refractivity contribution in [3.05, 3.63) is 72.7 Å². The number of rotatable bonds is 9. The lowest BCUT2D eigenvalue weighted by Crippen LogP contribution is -2.44. The molecule has 26 heavy (non-hydrogen) atoms. The maximum absolute atomic E-state index is 12.9. The number of amides is 2. The quantitative estimate of drug-likeness (QED) is 0.481. The standard InChI is InChI=1S/C19H20Cl2N2O3/c1-2-10-22(19(25)18(20)21)14-17(24)23(13-16-9-6-11-26-16)12-15-7-4-3-5-8-15/h2-9,11,18H,1,10,12-14H2. The van der Waals surface area contributed by atoms with E-state index in [1.54, 1.807) is 23.3 Å². The normalized spacial score (nSPS) is 10.6. The SMILES string of the molecule is C=CCN(CC(=O)N(Cc1ccccc1)Cc1ccco1)C(=O)C(Cl)Cl. The van der Waals surface area contributed by atoms with Gasteiger partial charge in [-0.2, -0.15) is 0 Å². The van der Waals surface area contributed by atoms with E-state index < -0.39 is 10.7 Å². The summed E-state index contributed by atoms with van der Waals surface area (Å²) in [4.78, 5) is 26.6. The van der Waals surface area contributed by atoms with E-state index >= 15 is 0 Å². The van der Waals surface area contributed by atoms with Crippen molar-refractivity contribution in [2.24, 2.45) is 0 Å². The number of furan rings is 1. The Bertz CT molecular complexity index is 718. The van der Waals surface area contributed by atoms with Crippen molar-refractivity contribution in [2.45, 2.75) is 17.9 Å². The van der Waals surface area contributed by atoms with Gasteiger partial charge in [0.15, 0.2) is 4.84 Å². The first kappa shape index (κ1) is 20.1. The lowest BCUT2D eigenvalue weighted by molar-refractivity contribution is -0.140. The Morgan fingerprint density at radius 2 is 1.81 bits per heavy atom. The third kappa shape index (κ3) is 5.93. The second-order valence-electron chi connectivity index (χ2n) is 5.62. The topological polar surface area (TPSA) is 53.8 Å². The average Bonchev–Trinajstić information content (AvgIpc) is 3.14. The number of carbonyl (C=O) groups excluding carboxylic acids is 2. The fourth-order valence-corrected chi connectivity index (χ4v) is 2.69. The minimum absolute atomic E-state index is 0.145. The van der Waals surface area contributed by atoms with Crippen LogP contribution in [0.4, 0.5) is 0 Å². The summed E-state index contributed by atoms with van der Waals surface area (Å²) in [6, 6.07) is 13.2. The highest BCUT2D eigenvalue weighted by Crippen LogP contribution is 2.13. The first-order chi connectivity index (χ1) is 12.5. The second kappa shape index (κ2) is 10.0. The zero-order valence-corrected chi connectivity index (χ0v) is 15.7. The fourth-order valence-electron chi connectivity index (χ4n) is 2.42. The average molecular weight is 395 g/mol. The molecule has 2 rings (SSSR count). The molecule has 138 valence electrons. The van der Waals surface area contributed by atoms with Gasteiger partial charge in [0.05, 0.1) is 12.8 Å². The second-order valence-corrected chi connectivity index (χ2v) is 6.72. The Morgan fingerprint density at radius 3 is 2.38 bits per heavy atom. The zero-order valence-electron chi connectivity index (χ0n) is 14.2. The Hall–Kier alpha value is -2.24. The molecular weight excluding hydrogens is 375 g/mol. The summed E-state index contributed by atoms with van der Waals surface area (Å²) in [5, 5.41) is 0. The van der Waals surface area contributed by atoms with Gasteiger partial charge < -0.3 is 14.2 Å². The van der Waals surface area contributed by atoms with E-state index in [1.807, 2.05) is 30.3 Å². The van der Waals surface area contributed by atoms with Gasteiger partial charge in [0.25, 0.3) is 5.91 Å². The van der Waals surface area contributed by atoms with Gasteiger partial charge in [-0.25, -0.2) is 0 Å². The van der Waals surface area contributed by atoms with E-state index in [-0.39, 0.29) is 19.0 Å². The Kier molecular flexibility index (Phi) is 7.75. The van der Waals surface area contributed by atoms with Crippen LogP contribution in [0.2, 0.25) is 0 Å². The molecule has 0 saturated carbocycles. The number of hydrogen-bond acceptors (Lipinski definition) is 3. The molecule has 0 aliphatic heterocycles. The number of carbonyl (C=O) groups is 2.